The first-order chi connectivity index (χ1) is 19.7. The first kappa shape index (κ1) is 31.0. The molecular weight excluding hydrogens is 529 g/mol. The Morgan fingerprint density at radius 2 is 1.54 bits per heavy atom. The van der Waals surface area contributed by atoms with Crippen LogP contribution in [0.3, 0.4) is 0 Å². The first-order valence-electron chi connectivity index (χ1n) is 13.8. The minimum atomic E-state index is -0.682. The molecule has 10 nitrogen and oxygen atoms in total. The van der Waals surface area contributed by atoms with Crippen LogP contribution in [0.15, 0.2) is 56.5 Å². The van der Waals surface area contributed by atoms with Gasteiger partial charge in [0, 0.05) is 33.1 Å². The largest absolute Gasteiger partial charge is 0.436 e. The summed E-state index contributed by atoms with van der Waals surface area (Å²) >= 11 is 0. The summed E-state index contributed by atoms with van der Waals surface area (Å²) in [4.78, 5) is 60.1. The van der Waals surface area contributed by atoms with E-state index in [2.05, 4.69) is 9.97 Å². The van der Waals surface area contributed by atoms with E-state index in [0.29, 0.717) is 28.1 Å². The number of benzene rings is 2. The third-order valence-corrected chi connectivity index (χ3v) is 6.46. The Balaban J connectivity index is 0.00000111. The summed E-state index contributed by atoms with van der Waals surface area (Å²) in [5.74, 6) is -0.893. The van der Waals surface area contributed by atoms with Crippen molar-refractivity contribution in [3.63, 3.8) is 0 Å². The van der Waals surface area contributed by atoms with Crippen LogP contribution in [0.4, 0.5) is 4.39 Å². The number of fused-ring (bicyclic) bond motifs is 1. The first-order valence-corrected chi connectivity index (χ1v) is 13.8. The number of H-pyrrole nitrogens is 1. The SMILES string of the molecule is CC.CC.Cc1nc(C)c(C(=O)N2CCN(C(=O)c3cc(Cn4c(=O)[nH]c(=O)c5ccccc54)ccc3F)CC2)o1. The summed E-state index contributed by atoms with van der Waals surface area (Å²) in [7, 11) is 0. The van der Waals surface area contributed by atoms with Crippen molar-refractivity contribution in [2.75, 3.05) is 26.2 Å². The van der Waals surface area contributed by atoms with Crippen molar-refractivity contribution in [3.8, 4) is 0 Å². The van der Waals surface area contributed by atoms with Crippen molar-refractivity contribution in [1.29, 1.82) is 0 Å². The van der Waals surface area contributed by atoms with Crippen LogP contribution in [0.2, 0.25) is 0 Å². The van der Waals surface area contributed by atoms with E-state index in [1.165, 1.54) is 27.7 Å². The van der Waals surface area contributed by atoms with Gasteiger partial charge in [-0.25, -0.2) is 14.2 Å². The summed E-state index contributed by atoms with van der Waals surface area (Å²) in [6.07, 6.45) is 0. The normalized spacial score (nSPS) is 12.8. The maximum absolute atomic E-state index is 14.7. The van der Waals surface area contributed by atoms with Crippen LogP contribution < -0.4 is 11.2 Å². The molecule has 2 aromatic heterocycles. The van der Waals surface area contributed by atoms with Gasteiger partial charge in [-0.05, 0) is 36.8 Å². The number of carbonyl (C=O) groups is 2. The van der Waals surface area contributed by atoms with E-state index >= 15 is 0 Å². The highest BCUT2D eigenvalue weighted by atomic mass is 19.1. The number of hydrogen-bond acceptors (Lipinski definition) is 6. The Morgan fingerprint density at radius 1 is 0.927 bits per heavy atom. The Kier molecular flexibility index (Phi) is 10.3. The van der Waals surface area contributed by atoms with Gasteiger partial charge in [0.15, 0.2) is 5.89 Å². The molecular formula is C30H36FN5O5. The molecule has 1 N–H and O–H groups in total. The van der Waals surface area contributed by atoms with Crippen LogP contribution in [0, 0.1) is 19.7 Å². The molecule has 0 saturated carbocycles. The summed E-state index contributed by atoms with van der Waals surface area (Å²) in [6.45, 7) is 12.4. The van der Waals surface area contributed by atoms with Crippen LogP contribution in [-0.4, -0.2) is 62.3 Å². The van der Waals surface area contributed by atoms with E-state index in [1.54, 1.807) is 43.0 Å². The van der Waals surface area contributed by atoms with Gasteiger partial charge in [-0.15, -0.1) is 0 Å². The number of para-hydroxylation sites is 1. The number of aromatic amines is 1. The number of hydrogen-bond donors (Lipinski definition) is 1. The quantitative estimate of drug-likeness (QED) is 0.397. The third kappa shape index (κ3) is 6.62. The second-order valence-electron chi connectivity index (χ2n) is 8.91. The number of aromatic nitrogens is 3. The average molecular weight is 566 g/mol. The summed E-state index contributed by atoms with van der Waals surface area (Å²) in [5, 5.41) is 0.351. The summed E-state index contributed by atoms with van der Waals surface area (Å²) < 4.78 is 21.5. The Morgan fingerprint density at radius 3 is 2.15 bits per heavy atom. The van der Waals surface area contributed by atoms with E-state index in [-0.39, 0.29) is 50.0 Å². The predicted octanol–water partition coefficient (Wildman–Crippen LogP) is 4.13. The molecule has 5 rings (SSSR count). The minimum Gasteiger partial charge on any atom is -0.436 e. The molecule has 0 radical (unpaired) electrons. The molecule has 41 heavy (non-hydrogen) atoms. The lowest BCUT2D eigenvalue weighted by molar-refractivity contribution is 0.0514. The van der Waals surface area contributed by atoms with Crippen molar-refractivity contribution < 1.29 is 18.4 Å². The number of nitrogens with zero attached hydrogens (tertiary/aromatic N) is 4. The standard InChI is InChI=1S/C26H24FN5O5.2C2H6/c1-15-22(37-16(2)28-15)25(35)31-11-9-30(10-12-31)24(34)19-13-17(7-8-20(19)27)14-32-21-6-4-3-5-18(21)23(33)29-26(32)36;2*1-2/h3-8,13H,9-12,14H2,1-2H3,(H,29,33,36);2*1-2H3. The second-order valence-corrected chi connectivity index (χ2v) is 8.91. The molecule has 0 unspecified atom stereocenters. The van der Waals surface area contributed by atoms with E-state index < -0.39 is 23.0 Å². The monoisotopic (exact) mass is 565 g/mol. The molecule has 1 saturated heterocycles. The number of carbonyl (C=O) groups excluding carboxylic acids is 2. The predicted molar refractivity (Wildman–Crippen MR) is 155 cm³/mol. The molecule has 2 aromatic carbocycles. The molecule has 3 heterocycles. The lowest BCUT2D eigenvalue weighted by atomic mass is 10.1. The number of nitrogens with one attached hydrogen (secondary N) is 1. The van der Waals surface area contributed by atoms with Gasteiger partial charge in [0.05, 0.1) is 28.7 Å². The number of amides is 2. The lowest BCUT2D eigenvalue weighted by Gasteiger charge is -2.34. The highest BCUT2D eigenvalue weighted by Crippen LogP contribution is 2.19. The molecule has 0 atom stereocenters. The highest BCUT2D eigenvalue weighted by Gasteiger charge is 2.29. The Bertz CT molecular complexity index is 1650. The van der Waals surface area contributed by atoms with Crippen molar-refractivity contribution in [3.05, 3.63) is 97.6 Å². The molecule has 1 aliphatic heterocycles. The van der Waals surface area contributed by atoms with Crippen molar-refractivity contribution >= 4 is 22.7 Å². The van der Waals surface area contributed by atoms with Gasteiger partial charge < -0.3 is 14.2 Å². The van der Waals surface area contributed by atoms with E-state index in [9.17, 15) is 23.6 Å². The molecule has 1 aliphatic rings. The summed E-state index contributed by atoms with van der Waals surface area (Å²) in [5.41, 5.74) is 0.257. The van der Waals surface area contributed by atoms with E-state index in [4.69, 9.17) is 4.42 Å². The second kappa shape index (κ2) is 13.7. The zero-order chi connectivity index (χ0) is 30.3. The van der Waals surface area contributed by atoms with Gasteiger partial charge >= 0.3 is 5.69 Å². The Labute approximate surface area is 237 Å². The third-order valence-electron chi connectivity index (χ3n) is 6.46. The summed E-state index contributed by atoms with van der Waals surface area (Å²) in [6, 6.07) is 10.8. The van der Waals surface area contributed by atoms with Gasteiger partial charge in [-0.1, -0.05) is 45.9 Å². The van der Waals surface area contributed by atoms with Gasteiger partial charge in [-0.2, -0.15) is 0 Å². The van der Waals surface area contributed by atoms with Crippen LogP contribution >= 0.6 is 0 Å². The molecule has 0 bridgehead atoms. The number of halogens is 1. The molecule has 0 aliphatic carbocycles. The van der Waals surface area contributed by atoms with Crippen LogP contribution in [-0.2, 0) is 6.54 Å². The molecule has 2 amide bonds. The number of oxazole rings is 1. The molecule has 218 valence electrons. The zero-order valence-electron chi connectivity index (χ0n) is 24.3. The maximum Gasteiger partial charge on any atom is 0.329 e. The minimum absolute atomic E-state index is 0.0366. The van der Waals surface area contributed by atoms with Crippen molar-refractivity contribution in [2.45, 2.75) is 48.1 Å². The van der Waals surface area contributed by atoms with Gasteiger partial charge in [0.2, 0.25) is 5.76 Å². The fourth-order valence-corrected chi connectivity index (χ4v) is 4.57. The molecule has 0 spiro atoms. The number of rotatable bonds is 4. The van der Waals surface area contributed by atoms with Gasteiger partial charge in [0.25, 0.3) is 17.4 Å². The number of piperazine rings is 1. The topological polar surface area (TPSA) is 122 Å². The van der Waals surface area contributed by atoms with Crippen LogP contribution in [0.5, 0.6) is 0 Å². The Hall–Kier alpha value is -4.54. The van der Waals surface area contributed by atoms with E-state index in [0.717, 1.165) is 0 Å². The fraction of sp³-hybridized carbons (Fsp3) is 0.367. The number of aryl methyl sites for hydroxylation is 2. The van der Waals surface area contributed by atoms with Crippen LogP contribution in [0.1, 0.15) is 65.8 Å². The van der Waals surface area contributed by atoms with Crippen molar-refractivity contribution in [1.82, 2.24) is 24.3 Å². The average Bonchev–Trinajstić information content (AvgIpc) is 3.34. The molecule has 1 fully saturated rings. The zero-order valence-corrected chi connectivity index (χ0v) is 24.3. The van der Waals surface area contributed by atoms with E-state index in [1.807, 2.05) is 27.7 Å². The van der Waals surface area contributed by atoms with Gasteiger partial charge in [-0.3, -0.25) is 23.9 Å². The fourth-order valence-electron chi connectivity index (χ4n) is 4.57. The molecule has 11 heteroatoms. The van der Waals surface area contributed by atoms with Crippen LogP contribution in [0.25, 0.3) is 10.9 Å². The lowest BCUT2D eigenvalue weighted by Crippen LogP contribution is -2.50. The maximum atomic E-state index is 14.7. The molecule has 4 aromatic rings. The smallest absolute Gasteiger partial charge is 0.329 e. The van der Waals surface area contributed by atoms with Gasteiger partial charge in [0.1, 0.15) is 5.82 Å². The van der Waals surface area contributed by atoms with Crippen molar-refractivity contribution in [2.24, 2.45) is 0 Å². The highest BCUT2D eigenvalue weighted by molar-refractivity contribution is 5.95.